The van der Waals surface area contributed by atoms with Crippen LogP contribution in [0, 0.1) is 11.7 Å². The first-order valence-corrected chi connectivity index (χ1v) is 10.9. The van der Waals surface area contributed by atoms with Crippen molar-refractivity contribution in [1.82, 2.24) is 20.3 Å². The molecule has 0 aliphatic heterocycles. The van der Waals surface area contributed by atoms with Gasteiger partial charge in [-0.1, -0.05) is 37.1 Å². The highest BCUT2D eigenvalue weighted by Gasteiger charge is 2.25. The van der Waals surface area contributed by atoms with E-state index in [4.69, 9.17) is 0 Å². The van der Waals surface area contributed by atoms with Crippen LogP contribution in [0.25, 0.3) is 0 Å². The van der Waals surface area contributed by atoms with Gasteiger partial charge in [0, 0.05) is 32.2 Å². The van der Waals surface area contributed by atoms with Crippen LogP contribution in [0.1, 0.15) is 37.3 Å². The van der Waals surface area contributed by atoms with E-state index in [-0.39, 0.29) is 11.9 Å². The van der Waals surface area contributed by atoms with Gasteiger partial charge in [-0.15, -0.1) is 13.2 Å². The first-order valence-electron chi connectivity index (χ1n) is 10.9. The van der Waals surface area contributed by atoms with Gasteiger partial charge in [0.2, 0.25) is 17.8 Å². The van der Waals surface area contributed by atoms with Crippen molar-refractivity contribution in [3.8, 4) is 0 Å². The summed E-state index contributed by atoms with van der Waals surface area (Å²) in [6, 6.07) is 7.08. The van der Waals surface area contributed by atoms with E-state index in [9.17, 15) is 4.39 Å². The Labute approximate surface area is 183 Å². The molecule has 0 amide bonds. The van der Waals surface area contributed by atoms with Gasteiger partial charge in [0.15, 0.2) is 0 Å². The number of nitrogens with one attached hydrogen (secondary N) is 4. The molecule has 8 heteroatoms. The van der Waals surface area contributed by atoms with E-state index in [1.54, 1.807) is 12.2 Å². The summed E-state index contributed by atoms with van der Waals surface area (Å²) in [5, 5.41) is 13.1. The molecule has 1 heterocycles. The van der Waals surface area contributed by atoms with E-state index in [1.807, 2.05) is 12.1 Å². The summed E-state index contributed by atoms with van der Waals surface area (Å²) < 4.78 is 13.4. The Bertz CT molecular complexity index is 804. The summed E-state index contributed by atoms with van der Waals surface area (Å²) in [6.07, 6.45) is 8.41. The number of aromatic nitrogens is 3. The lowest BCUT2D eigenvalue weighted by Gasteiger charge is -2.25. The Hall–Kier alpha value is -3.00. The minimum absolute atomic E-state index is 0.202. The highest BCUT2D eigenvalue weighted by molar-refractivity contribution is 5.42. The smallest absolute Gasteiger partial charge is 0.229 e. The molecule has 3 rings (SSSR count). The van der Waals surface area contributed by atoms with E-state index in [0.717, 1.165) is 12.1 Å². The van der Waals surface area contributed by atoms with E-state index in [2.05, 4.69) is 49.4 Å². The molecule has 1 atom stereocenters. The number of halogens is 1. The minimum atomic E-state index is -0.202. The number of benzene rings is 1. The highest BCUT2D eigenvalue weighted by atomic mass is 19.1. The van der Waals surface area contributed by atoms with Crippen LogP contribution in [0.4, 0.5) is 22.2 Å². The largest absolute Gasteiger partial charge is 0.353 e. The van der Waals surface area contributed by atoms with Crippen LogP contribution in [0.5, 0.6) is 0 Å². The molecule has 1 unspecified atom stereocenters. The Kier molecular flexibility index (Phi) is 8.78. The first kappa shape index (κ1) is 22.7. The summed E-state index contributed by atoms with van der Waals surface area (Å²) in [4.78, 5) is 13.2. The first-order chi connectivity index (χ1) is 15.2. The average Bonchev–Trinajstić information content (AvgIpc) is 3.31. The van der Waals surface area contributed by atoms with E-state index < -0.39 is 0 Å². The number of hydrogen-bond donors (Lipinski definition) is 4. The maximum atomic E-state index is 13.4. The molecular formula is C23H32FN7. The van der Waals surface area contributed by atoms with Gasteiger partial charge >= 0.3 is 0 Å². The molecule has 1 aromatic carbocycles. The Morgan fingerprint density at radius 2 is 1.42 bits per heavy atom. The van der Waals surface area contributed by atoms with Crippen LogP contribution >= 0.6 is 0 Å². The van der Waals surface area contributed by atoms with Gasteiger partial charge in [0.05, 0.1) is 0 Å². The molecule has 1 aromatic heterocycles. The SMILES string of the molecule is C=CCNc1nc(NCC=C)nc(NCCNC(c2ccc(F)cc2)C2CCCC2)n1. The maximum absolute atomic E-state index is 13.4. The van der Waals surface area contributed by atoms with Crippen LogP contribution in [0.2, 0.25) is 0 Å². The van der Waals surface area contributed by atoms with Crippen molar-refractivity contribution < 1.29 is 4.39 Å². The Balaban J connectivity index is 1.59. The third kappa shape index (κ3) is 7.03. The minimum Gasteiger partial charge on any atom is -0.353 e. The van der Waals surface area contributed by atoms with Crippen LogP contribution in [-0.4, -0.2) is 41.1 Å². The van der Waals surface area contributed by atoms with Crippen molar-refractivity contribution in [3.05, 3.63) is 61.0 Å². The van der Waals surface area contributed by atoms with Crippen molar-refractivity contribution in [1.29, 1.82) is 0 Å². The highest BCUT2D eigenvalue weighted by Crippen LogP contribution is 2.35. The van der Waals surface area contributed by atoms with Crippen molar-refractivity contribution in [2.75, 3.05) is 42.1 Å². The molecule has 1 fully saturated rings. The molecule has 166 valence electrons. The van der Waals surface area contributed by atoms with E-state index in [0.29, 0.717) is 43.4 Å². The second-order valence-electron chi connectivity index (χ2n) is 7.60. The molecule has 1 aliphatic rings. The molecule has 1 saturated carbocycles. The summed E-state index contributed by atoms with van der Waals surface area (Å²) in [6.45, 7) is 9.91. The zero-order chi connectivity index (χ0) is 21.9. The van der Waals surface area contributed by atoms with Gasteiger partial charge in [0.25, 0.3) is 0 Å². The zero-order valence-corrected chi connectivity index (χ0v) is 17.9. The third-order valence-electron chi connectivity index (χ3n) is 5.32. The van der Waals surface area contributed by atoms with Crippen molar-refractivity contribution in [2.45, 2.75) is 31.7 Å². The standard InChI is InChI=1S/C23H32FN7/c1-3-13-26-21-29-22(27-14-4-2)31-23(30-21)28-16-15-25-20(17-7-5-6-8-17)18-9-11-19(24)12-10-18/h3-4,9-12,17,20,25H,1-2,5-8,13-16H2,(H3,26,27,28,29,30,31). The Morgan fingerprint density at radius 3 is 1.97 bits per heavy atom. The Morgan fingerprint density at radius 1 is 0.871 bits per heavy atom. The normalized spacial score (nSPS) is 14.7. The number of nitrogens with zero attached hydrogens (tertiary/aromatic N) is 3. The van der Waals surface area contributed by atoms with Gasteiger partial charge in [-0.3, -0.25) is 0 Å². The second-order valence-corrected chi connectivity index (χ2v) is 7.60. The fourth-order valence-corrected chi connectivity index (χ4v) is 3.86. The number of rotatable bonds is 13. The van der Waals surface area contributed by atoms with Gasteiger partial charge in [-0.25, -0.2) is 4.39 Å². The predicted molar refractivity (Wildman–Crippen MR) is 125 cm³/mol. The summed E-state index contributed by atoms with van der Waals surface area (Å²) in [5.41, 5.74) is 1.14. The molecule has 2 aromatic rings. The van der Waals surface area contributed by atoms with Gasteiger partial charge < -0.3 is 21.3 Å². The number of anilines is 3. The van der Waals surface area contributed by atoms with Crippen molar-refractivity contribution in [3.63, 3.8) is 0 Å². The third-order valence-corrected chi connectivity index (χ3v) is 5.32. The van der Waals surface area contributed by atoms with E-state index >= 15 is 0 Å². The molecule has 7 nitrogen and oxygen atoms in total. The lowest BCUT2D eigenvalue weighted by atomic mass is 9.91. The fraction of sp³-hybridized carbons (Fsp3) is 0.435. The van der Waals surface area contributed by atoms with Gasteiger partial charge in [-0.2, -0.15) is 15.0 Å². The maximum Gasteiger partial charge on any atom is 0.229 e. The number of hydrogen-bond acceptors (Lipinski definition) is 7. The molecule has 0 spiro atoms. The zero-order valence-electron chi connectivity index (χ0n) is 17.9. The summed E-state index contributed by atoms with van der Waals surface area (Å²) in [7, 11) is 0. The molecule has 0 bridgehead atoms. The van der Waals surface area contributed by atoms with E-state index in [1.165, 1.54) is 37.8 Å². The summed E-state index contributed by atoms with van der Waals surface area (Å²) >= 11 is 0. The lowest BCUT2D eigenvalue weighted by Crippen LogP contribution is -2.31. The molecule has 1 aliphatic carbocycles. The molecule has 31 heavy (non-hydrogen) atoms. The van der Waals surface area contributed by atoms with Crippen LogP contribution < -0.4 is 21.3 Å². The van der Waals surface area contributed by atoms with Crippen LogP contribution in [0.3, 0.4) is 0 Å². The molecule has 0 saturated heterocycles. The molecule has 4 N–H and O–H groups in total. The van der Waals surface area contributed by atoms with Gasteiger partial charge in [-0.05, 0) is 36.5 Å². The second kappa shape index (κ2) is 12.0. The van der Waals surface area contributed by atoms with Crippen LogP contribution in [0.15, 0.2) is 49.6 Å². The monoisotopic (exact) mass is 425 g/mol. The lowest BCUT2D eigenvalue weighted by molar-refractivity contribution is 0.372. The van der Waals surface area contributed by atoms with Gasteiger partial charge in [0.1, 0.15) is 5.82 Å². The quantitative estimate of drug-likeness (QED) is 0.283. The topological polar surface area (TPSA) is 86.8 Å². The average molecular weight is 426 g/mol. The van der Waals surface area contributed by atoms with Crippen molar-refractivity contribution in [2.24, 2.45) is 5.92 Å². The fourth-order valence-electron chi connectivity index (χ4n) is 3.86. The summed E-state index contributed by atoms with van der Waals surface area (Å²) in [5.74, 6) is 1.83. The van der Waals surface area contributed by atoms with Crippen molar-refractivity contribution >= 4 is 17.8 Å². The molecular weight excluding hydrogens is 393 g/mol. The predicted octanol–water partition coefficient (Wildman–Crippen LogP) is 4.14. The van der Waals surface area contributed by atoms with Crippen LogP contribution in [-0.2, 0) is 0 Å². The molecule has 0 radical (unpaired) electrons.